The van der Waals surface area contributed by atoms with Crippen LogP contribution in [-0.4, -0.2) is 23.2 Å². The van der Waals surface area contributed by atoms with Crippen molar-refractivity contribution in [3.05, 3.63) is 36.1 Å². The van der Waals surface area contributed by atoms with Crippen molar-refractivity contribution in [3.63, 3.8) is 0 Å². The molecular weight excluding hydrogens is 393 g/mol. The number of anilines is 1. The van der Waals surface area contributed by atoms with Gasteiger partial charge >= 0.3 is 6.16 Å². The van der Waals surface area contributed by atoms with E-state index in [1.54, 1.807) is 23.1 Å². The Morgan fingerprint density at radius 3 is 2.48 bits per heavy atom. The van der Waals surface area contributed by atoms with Crippen molar-refractivity contribution in [3.8, 4) is 15.5 Å². The molecule has 0 bridgehead atoms. The molecule has 0 atom stereocenters. The highest BCUT2D eigenvalue weighted by Gasteiger charge is 2.33. The average molecular weight is 420 g/mol. The lowest BCUT2D eigenvalue weighted by atomic mass is 9.82. The lowest BCUT2D eigenvalue weighted by Gasteiger charge is -2.33. The molecule has 1 amide bonds. The van der Waals surface area contributed by atoms with E-state index in [0.29, 0.717) is 22.0 Å². The number of amides is 1. The van der Waals surface area contributed by atoms with Gasteiger partial charge in [-0.15, -0.1) is 0 Å². The molecule has 0 saturated heterocycles. The fourth-order valence-corrected chi connectivity index (χ4v) is 4.81. The summed E-state index contributed by atoms with van der Waals surface area (Å²) in [5, 5.41) is 9.30. The maximum Gasteiger partial charge on any atom is 0.512 e. The highest BCUT2D eigenvalue weighted by atomic mass is 32.1. The Kier molecular flexibility index (Phi) is 6.57. The average Bonchev–Trinajstić information content (AvgIpc) is 3.05. The Morgan fingerprint density at radius 2 is 1.90 bits per heavy atom. The van der Waals surface area contributed by atoms with Crippen molar-refractivity contribution in [2.75, 3.05) is 4.90 Å². The van der Waals surface area contributed by atoms with Gasteiger partial charge < -0.3 is 14.7 Å². The van der Waals surface area contributed by atoms with E-state index in [1.165, 1.54) is 12.1 Å². The zero-order chi connectivity index (χ0) is 21.1. The topological polar surface area (TPSA) is 66.8 Å². The molecule has 29 heavy (non-hydrogen) atoms. The maximum atomic E-state index is 13.7. The van der Waals surface area contributed by atoms with Crippen LogP contribution >= 0.6 is 11.3 Å². The van der Waals surface area contributed by atoms with Crippen molar-refractivity contribution in [2.45, 2.75) is 52.5 Å². The predicted molar refractivity (Wildman–Crippen MR) is 112 cm³/mol. The molecule has 1 saturated carbocycles. The number of hydrogen-bond donors (Lipinski definition) is 1. The number of rotatable bonds is 5. The Morgan fingerprint density at radius 1 is 1.21 bits per heavy atom. The molecule has 1 heterocycles. The molecule has 5 nitrogen and oxygen atoms in total. The second kappa shape index (κ2) is 8.95. The number of ether oxygens (including phenoxy) is 1. The molecule has 3 rings (SSSR count). The molecule has 0 unspecified atom stereocenters. The maximum absolute atomic E-state index is 13.7. The summed E-state index contributed by atoms with van der Waals surface area (Å²) in [7, 11) is 0. The van der Waals surface area contributed by atoms with Gasteiger partial charge in [-0.05, 0) is 69.2 Å². The standard InChI is InChI=1S/C22H26FNO4S/c1-13(2)24(20(25)15-9-7-14(3)8-10-15)18-12-19(29-21(18)28-22(26)27)16-5-4-6-17(23)11-16/h4-6,11-15H,7-10H2,1-3H3,(H,26,27). The van der Waals surface area contributed by atoms with Crippen molar-refractivity contribution in [1.82, 2.24) is 0 Å². The second-order valence-electron chi connectivity index (χ2n) is 7.92. The predicted octanol–water partition coefficient (Wildman–Crippen LogP) is 6.18. The number of thiophene rings is 1. The Bertz CT molecular complexity index is 887. The molecule has 0 spiro atoms. The smallest absolute Gasteiger partial charge is 0.449 e. The molecule has 1 fully saturated rings. The lowest BCUT2D eigenvalue weighted by molar-refractivity contribution is -0.123. The van der Waals surface area contributed by atoms with Crippen LogP contribution < -0.4 is 9.64 Å². The summed E-state index contributed by atoms with van der Waals surface area (Å²) in [6.45, 7) is 5.99. The number of carbonyl (C=O) groups excluding carboxylic acids is 1. The van der Waals surface area contributed by atoms with Crippen LogP contribution in [0, 0.1) is 17.7 Å². The summed E-state index contributed by atoms with van der Waals surface area (Å²) in [5.74, 6) is 0.152. The van der Waals surface area contributed by atoms with Crippen LogP contribution in [0.3, 0.4) is 0 Å². The van der Waals surface area contributed by atoms with Crippen LogP contribution in [0.4, 0.5) is 14.9 Å². The van der Waals surface area contributed by atoms with E-state index < -0.39 is 6.16 Å². The van der Waals surface area contributed by atoms with E-state index in [9.17, 15) is 19.1 Å². The quantitative estimate of drug-likeness (QED) is 0.588. The molecule has 0 radical (unpaired) electrons. The fourth-order valence-electron chi connectivity index (χ4n) is 3.82. The van der Waals surface area contributed by atoms with Gasteiger partial charge in [0.2, 0.25) is 11.0 Å². The van der Waals surface area contributed by atoms with Crippen molar-refractivity contribution < 1.29 is 23.8 Å². The van der Waals surface area contributed by atoms with Crippen LogP contribution in [0.1, 0.15) is 46.5 Å². The number of carboxylic acid groups (broad SMARTS) is 1. The van der Waals surface area contributed by atoms with Crippen LogP contribution in [0.2, 0.25) is 0 Å². The summed E-state index contributed by atoms with van der Waals surface area (Å²) in [4.78, 5) is 26.9. The number of benzene rings is 1. The largest absolute Gasteiger partial charge is 0.512 e. The monoisotopic (exact) mass is 419 g/mol. The number of carbonyl (C=O) groups is 2. The molecule has 0 aliphatic heterocycles. The Balaban J connectivity index is 2.00. The molecule has 156 valence electrons. The molecule has 1 aromatic carbocycles. The van der Waals surface area contributed by atoms with Gasteiger partial charge in [-0.3, -0.25) is 4.79 Å². The SMILES string of the molecule is CC1CCC(C(=O)N(c2cc(-c3cccc(F)c3)sc2OC(=O)O)C(C)C)CC1. The lowest BCUT2D eigenvalue weighted by Crippen LogP contribution is -2.42. The normalized spacial score (nSPS) is 19.2. The van der Waals surface area contributed by atoms with Gasteiger partial charge in [-0.1, -0.05) is 30.4 Å². The van der Waals surface area contributed by atoms with E-state index >= 15 is 0 Å². The molecule has 2 aromatic rings. The minimum absolute atomic E-state index is 0.00858. The van der Waals surface area contributed by atoms with Crippen LogP contribution in [0.5, 0.6) is 5.06 Å². The Hall–Kier alpha value is -2.41. The van der Waals surface area contributed by atoms with Crippen molar-refractivity contribution in [1.29, 1.82) is 0 Å². The van der Waals surface area contributed by atoms with Crippen molar-refractivity contribution in [2.24, 2.45) is 11.8 Å². The number of hydrogen-bond acceptors (Lipinski definition) is 4. The first kappa shape index (κ1) is 21.3. The van der Waals surface area contributed by atoms with Gasteiger partial charge in [-0.25, -0.2) is 9.18 Å². The summed E-state index contributed by atoms with van der Waals surface area (Å²) in [6, 6.07) is 7.61. The van der Waals surface area contributed by atoms with Crippen LogP contribution in [0.15, 0.2) is 30.3 Å². The van der Waals surface area contributed by atoms with Gasteiger partial charge in [0.1, 0.15) is 5.82 Å². The van der Waals surface area contributed by atoms with Crippen LogP contribution in [-0.2, 0) is 4.79 Å². The zero-order valence-corrected chi connectivity index (χ0v) is 17.7. The van der Waals surface area contributed by atoms with Gasteiger partial charge in [0.25, 0.3) is 0 Å². The molecule has 1 aromatic heterocycles. The molecule has 1 aliphatic rings. The van der Waals surface area contributed by atoms with E-state index in [2.05, 4.69) is 6.92 Å². The first-order chi connectivity index (χ1) is 13.8. The fraction of sp³-hybridized carbons (Fsp3) is 0.455. The third-order valence-electron chi connectivity index (χ3n) is 5.35. The van der Waals surface area contributed by atoms with Crippen LogP contribution in [0.25, 0.3) is 10.4 Å². The molecule has 7 heteroatoms. The third-order valence-corrected chi connectivity index (χ3v) is 6.40. The molecule has 1 N–H and O–H groups in total. The van der Waals surface area contributed by atoms with Gasteiger partial charge in [0, 0.05) is 16.8 Å². The minimum atomic E-state index is -1.44. The molecule has 1 aliphatic carbocycles. The summed E-state index contributed by atoms with van der Waals surface area (Å²) >= 11 is 1.10. The highest BCUT2D eigenvalue weighted by Crippen LogP contribution is 2.45. The third kappa shape index (κ3) is 4.96. The summed E-state index contributed by atoms with van der Waals surface area (Å²) in [5.41, 5.74) is 1.04. The van der Waals surface area contributed by atoms with E-state index in [1.807, 2.05) is 13.8 Å². The second-order valence-corrected chi connectivity index (χ2v) is 8.94. The van der Waals surface area contributed by atoms with E-state index in [-0.39, 0.29) is 28.7 Å². The van der Waals surface area contributed by atoms with E-state index in [0.717, 1.165) is 37.0 Å². The van der Waals surface area contributed by atoms with Gasteiger partial charge in [0.15, 0.2) is 0 Å². The number of halogens is 1. The van der Waals surface area contributed by atoms with Gasteiger partial charge in [-0.2, -0.15) is 0 Å². The van der Waals surface area contributed by atoms with Gasteiger partial charge in [0.05, 0.1) is 5.69 Å². The zero-order valence-electron chi connectivity index (χ0n) is 16.9. The van der Waals surface area contributed by atoms with Crippen molar-refractivity contribution >= 4 is 29.1 Å². The number of nitrogens with zero attached hydrogens (tertiary/aromatic N) is 1. The summed E-state index contributed by atoms with van der Waals surface area (Å²) in [6.07, 6.45) is 2.25. The highest BCUT2D eigenvalue weighted by molar-refractivity contribution is 7.18. The van der Waals surface area contributed by atoms with E-state index in [4.69, 9.17) is 4.74 Å². The first-order valence-corrected chi connectivity index (χ1v) is 10.7. The minimum Gasteiger partial charge on any atom is -0.449 e. The molecular formula is C22H26FNO4S. The first-order valence-electron chi connectivity index (χ1n) is 9.90. The Labute approximate surface area is 174 Å². The summed E-state index contributed by atoms with van der Waals surface area (Å²) < 4.78 is 18.7.